The predicted octanol–water partition coefficient (Wildman–Crippen LogP) is 21.5. The van der Waals surface area contributed by atoms with Gasteiger partial charge in [-0.3, -0.25) is 18.6 Å². The molecule has 0 aliphatic heterocycles. The fourth-order valence-corrected chi connectivity index (χ4v) is 10.7. The molecule has 0 heterocycles. The smallest absolute Gasteiger partial charge is 0.462 e. The fourth-order valence-electron chi connectivity index (χ4n) is 9.97. The third-order valence-electron chi connectivity index (χ3n) is 15.2. The van der Waals surface area contributed by atoms with Gasteiger partial charge in [0.15, 0.2) is 6.10 Å². The summed E-state index contributed by atoms with van der Waals surface area (Å²) in [6.45, 7) is 4.47. The van der Waals surface area contributed by atoms with E-state index in [0.717, 1.165) is 44.9 Å². The number of hydrogen-bond acceptors (Lipinski definition) is 7. The van der Waals surface area contributed by atoms with Gasteiger partial charge in [0.05, 0.1) is 27.7 Å². The highest BCUT2D eigenvalue weighted by Gasteiger charge is 2.27. The summed E-state index contributed by atoms with van der Waals surface area (Å²) in [6.07, 6.45) is 75.5. The third kappa shape index (κ3) is 63.4. The van der Waals surface area contributed by atoms with Crippen molar-refractivity contribution in [1.29, 1.82) is 0 Å². The summed E-state index contributed by atoms with van der Waals surface area (Å²) < 4.78 is 34.6. The molecule has 78 heavy (non-hydrogen) atoms. The largest absolute Gasteiger partial charge is 0.472 e. The van der Waals surface area contributed by atoms with Crippen LogP contribution in [0, 0.1) is 0 Å². The van der Waals surface area contributed by atoms with Crippen molar-refractivity contribution in [3.05, 3.63) is 36.5 Å². The van der Waals surface area contributed by atoms with E-state index in [4.69, 9.17) is 18.5 Å². The summed E-state index contributed by atoms with van der Waals surface area (Å²) in [5.41, 5.74) is 0. The highest BCUT2D eigenvalue weighted by Crippen LogP contribution is 2.43. The van der Waals surface area contributed by atoms with Crippen LogP contribution >= 0.6 is 7.82 Å². The standard InChI is InChI=1S/C68H130NO8P/c1-6-8-10-12-14-16-18-20-21-22-23-24-25-26-27-28-29-30-31-32-33-34-35-36-37-38-39-40-41-42-43-44-45-46-47-49-51-53-55-57-59-61-68(71)77-66(65-76-78(72,73)75-63-62-69(3,4)5)64-74-67(70)60-58-56-54-52-50-48-19-17-15-13-11-9-7-2/h18,20,22-23,25-26,66H,6-17,19,21,24,27-65H2,1-5H3/p+1/b20-18-,23-22-,26-25-. The number of quaternary nitrogens is 1. The predicted molar refractivity (Wildman–Crippen MR) is 335 cm³/mol. The first kappa shape index (κ1) is 76.2. The molecule has 0 aromatic heterocycles. The van der Waals surface area contributed by atoms with Crippen molar-refractivity contribution < 1.29 is 42.1 Å². The molecule has 0 fully saturated rings. The van der Waals surface area contributed by atoms with Gasteiger partial charge in [-0.1, -0.05) is 307 Å². The van der Waals surface area contributed by atoms with Crippen molar-refractivity contribution in [2.75, 3.05) is 47.5 Å². The second kappa shape index (κ2) is 59.8. The SMILES string of the molecule is CCCCCCC/C=C\C/C=C\C/C=C\CCCCCCCCCCCCCCCCCCCCCCCCCCCCC(=O)OC(COC(=O)CCCCCCCCCCCCCCC)COP(=O)(O)OCC[N+](C)(C)C. The molecule has 1 N–H and O–H groups in total. The maximum Gasteiger partial charge on any atom is 0.472 e. The Morgan fingerprint density at radius 3 is 1.03 bits per heavy atom. The average Bonchev–Trinajstić information content (AvgIpc) is 3.40. The van der Waals surface area contributed by atoms with Crippen molar-refractivity contribution in [1.82, 2.24) is 0 Å². The molecule has 0 amide bonds. The lowest BCUT2D eigenvalue weighted by Crippen LogP contribution is -2.37. The molecule has 0 aliphatic carbocycles. The number of ether oxygens (including phenoxy) is 2. The number of allylic oxidation sites excluding steroid dienone is 6. The molecule has 2 unspecified atom stereocenters. The molecule has 0 bridgehead atoms. The second-order valence-corrected chi connectivity index (χ2v) is 25.7. The summed E-state index contributed by atoms with van der Waals surface area (Å²) >= 11 is 0. The summed E-state index contributed by atoms with van der Waals surface area (Å²) in [4.78, 5) is 35.7. The maximum atomic E-state index is 12.8. The van der Waals surface area contributed by atoms with Gasteiger partial charge in [0.25, 0.3) is 0 Å². The number of nitrogens with zero attached hydrogens (tertiary/aromatic N) is 1. The van der Waals surface area contributed by atoms with Gasteiger partial charge in [-0.05, 0) is 51.4 Å². The van der Waals surface area contributed by atoms with Crippen LogP contribution in [0.5, 0.6) is 0 Å². The first-order valence-electron chi connectivity index (χ1n) is 33.7. The topological polar surface area (TPSA) is 108 Å². The quantitative estimate of drug-likeness (QED) is 0.0211. The molecule has 0 radical (unpaired) electrons. The molecule has 0 aromatic carbocycles. The Balaban J connectivity index is 3.83. The number of rotatable bonds is 63. The zero-order valence-corrected chi connectivity index (χ0v) is 53.3. The van der Waals surface area contributed by atoms with Crippen LogP contribution in [0.3, 0.4) is 0 Å². The summed E-state index contributed by atoms with van der Waals surface area (Å²) in [7, 11) is 1.50. The molecule has 0 saturated heterocycles. The van der Waals surface area contributed by atoms with E-state index in [2.05, 4.69) is 50.3 Å². The van der Waals surface area contributed by atoms with Crippen LogP contribution < -0.4 is 0 Å². The van der Waals surface area contributed by atoms with Gasteiger partial charge in [0.2, 0.25) is 0 Å². The maximum absolute atomic E-state index is 12.8. The molecule has 0 rings (SSSR count). The van der Waals surface area contributed by atoms with Gasteiger partial charge in [-0.2, -0.15) is 0 Å². The van der Waals surface area contributed by atoms with E-state index in [-0.39, 0.29) is 25.6 Å². The fraction of sp³-hybridized carbons (Fsp3) is 0.882. The number of hydrogen-bond donors (Lipinski definition) is 1. The van der Waals surface area contributed by atoms with Gasteiger partial charge in [0, 0.05) is 12.8 Å². The van der Waals surface area contributed by atoms with E-state index in [0.29, 0.717) is 23.9 Å². The van der Waals surface area contributed by atoms with Crippen LogP contribution in [-0.2, 0) is 32.7 Å². The lowest BCUT2D eigenvalue weighted by atomic mass is 10.0. The highest BCUT2D eigenvalue weighted by atomic mass is 31.2. The van der Waals surface area contributed by atoms with Gasteiger partial charge >= 0.3 is 19.8 Å². The Morgan fingerprint density at radius 1 is 0.397 bits per heavy atom. The van der Waals surface area contributed by atoms with Crippen molar-refractivity contribution in [3.8, 4) is 0 Å². The Hall–Kier alpha value is -1.77. The van der Waals surface area contributed by atoms with Crippen LogP contribution in [0.2, 0.25) is 0 Å². The van der Waals surface area contributed by atoms with E-state index in [1.165, 1.54) is 257 Å². The Morgan fingerprint density at radius 2 is 0.692 bits per heavy atom. The van der Waals surface area contributed by atoms with E-state index in [1.807, 2.05) is 21.1 Å². The van der Waals surface area contributed by atoms with Gasteiger partial charge in [-0.15, -0.1) is 0 Å². The van der Waals surface area contributed by atoms with Gasteiger partial charge < -0.3 is 18.9 Å². The normalized spacial score (nSPS) is 13.4. The first-order valence-corrected chi connectivity index (χ1v) is 35.2. The lowest BCUT2D eigenvalue weighted by molar-refractivity contribution is -0.870. The number of phosphoric acid groups is 1. The van der Waals surface area contributed by atoms with Crippen molar-refractivity contribution in [2.45, 2.75) is 341 Å². The molecular formula is C68H131NO8P+. The Labute approximate surface area is 484 Å². The minimum Gasteiger partial charge on any atom is -0.462 e. The van der Waals surface area contributed by atoms with Crippen molar-refractivity contribution in [3.63, 3.8) is 0 Å². The third-order valence-corrected chi connectivity index (χ3v) is 16.2. The number of phosphoric ester groups is 1. The number of likely N-dealkylation sites (N-methyl/N-ethyl adjacent to an activating group) is 1. The number of esters is 2. The molecule has 9 nitrogen and oxygen atoms in total. The summed E-state index contributed by atoms with van der Waals surface area (Å²) in [5, 5.41) is 0. The second-order valence-electron chi connectivity index (χ2n) is 24.2. The van der Waals surface area contributed by atoms with Gasteiger partial charge in [-0.25, -0.2) is 4.57 Å². The zero-order chi connectivity index (χ0) is 57.0. The van der Waals surface area contributed by atoms with Crippen LogP contribution in [0.15, 0.2) is 36.5 Å². The molecular weight excluding hydrogens is 990 g/mol. The molecule has 10 heteroatoms. The molecule has 460 valence electrons. The minimum atomic E-state index is -4.38. The molecule has 0 saturated carbocycles. The van der Waals surface area contributed by atoms with Crippen LogP contribution in [0.25, 0.3) is 0 Å². The minimum absolute atomic E-state index is 0.0355. The van der Waals surface area contributed by atoms with Crippen LogP contribution in [0.1, 0.15) is 335 Å². The van der Waals surface area contributed by atoms with E-state index in [9.17, 15) is 19.0 Å². The Kier molecular flexibility index (Phi) is 58.5. The average molecular weight is 1120 g/mol. The van der Waals surface area contributed by atoms with Crippen molar-refractivity contribution in [2.24, 2.45) is 0 Å². The number of carbonyl (C=O) groups excluding carboxylic acids is 2. The summed E-state index contributed by atoms with van der Waals surface area (Å²) in [6, 6.07) is 0. The summed E-state index contributed by atoms with van der Waals surface area (Å²) in [5.74, 6) is -0.779. The van der Waals surface area contributed by atoms with Crippen LogP contribution in [0.4, 0.5) is 0 Å². The zero-order valence-electron chi connectivity index (χ0n) is 52.4. The van der Waals surface area contributed by atoms with E-state index >= 15 is 0 Å². The number of carbonyl (C=O) groups is 2. The number of unbranched alkanes of at least 4 members (excludes halogenated alkanes) is 43. The molecule has 0 aliphatic rings. The molecule has 2 atom stereocenters. The monoisotopic (exact) mass is 1120 g/mol. The molecule has 0 spiro atoms. The van der Waals surface area contributed by atoms with E-state index in [1.54, 1.807) is 0 Å². The lowest BCUT2D eigenvalue weighted by Gasteiger charge is -2.24. The Bertz CT molecular complexity index is 1410. The molecule has 0 aromatic rings. The first-order chi connectivity index (χ1) is 38.0. The van der Waals surface area contributed by atoms with Crippen LogP contribution in [-0.4, -0.2) is 74.9 Å². The van der Waals surface area contributed by atoms with E-state index < -0.39 is 26.5 Å². The van der Waals surface area contributed by atoms with Crippen molar-refractivity contribution >= 4 is 19.8 Å². The van der Waals surface area contributed by atoms with Gasteiger partial charge in [0.1, 0.15) is 19.8 Å². The highest BCUT2D eigenvalue weighted by molar-refractivity contribution is 7.47.